The van der Waals surface area contributed by atoms with Crippen LogP contribution in [0.15, 0.2) is 54.7 Å². The van der Waals surface area contributed by atoms with Gasteiger partial charge in [0.2, 0.25) is 0 Å². The highest BCUT2D eigenvalue weighted by Crippen LogP contribution is 2.39. The molecule has 8 heteroatoms. The number of anilines is 1. The van der Waals surface area contributed by atoms with Gasteiger partial charge in [-0.1, -0.05) is 36.4 Å². The van der Waals surface area contributed by atoms with Crippen LogP contribution in [0.2, 0.25) is 0 Å². The molecule has 2 aromatic carbocycles. The van der Waals surface area contributed by atoms with Crippen LogP contribution in [0, 0.1) is 0 Å². The predicted molar refractivity (Wildman–Crippen MR) is 121 cm³/mol. The number of nitrogens with zero attached hydrogens (tertiary/aromatic N) is 2. The number of aromatic amines is 2. The van der Waals surface area contributed by atoms with E-state index < -0.39 is 5.97 Å². The summed E-state index contributed by atoms with van der Waals surface area (Å²) in [5.41, 5.74) is 6.20. The van der Waals surface area contributed by atoms with Crippen molar-refractivity contribution in [3.05, 3.63) is 65.9 Å². The van der Waals surface area contributed by atoms with E-state index >= 15 is 0 Å². The molecule has 0 unspecified atom stereocenters. The minimum absolute atomic E-state index is 0.134. The zero-order chi connectivity index (χ0) is 21.8. The van der Waals surface area contributed by atoms with Crippen molar-refractivity contribution in [3.8, 4) is 22.6 Å². The number of pyridine rings is 1. The molecule has 0 radical (unpaired) electrons. The number of imidazole rings is 1. The monoisotopic (exact) mass is 423 g/mol. The van der Waals surface area contributed by atoms with E-state index in [0.717, 1.165) is 39.0 Å². The Bertz CT molecular complexity index is 1550. The molecule has 0 spiro atoms. The van der Waals surface area contributed by atoms with Gasteiger partial charge in [0, 0.05) is 46.8 Å². The van der Waals surface area contributed by atoms with Crippen LogP contribution < -0.4 is 5.32 Å². The average Bonchev–Trinajstić information content (AvgIpc) is 3.36. The zero-order valence-electron chi connectivity index (χ0n) is 16.8. The van der Waals surface area contributed by atoms with Crippen molar-refractivity contribution in [3.63, 3.8) is 0 Å². The Hall–Kier alpha value is -4.46. The van der Waals surface area contributed by atoms with Gasteiger partial charge in [-0.05, 0) is 12.1 Å². The maximum absolute atomic E-state index is 12.5. The largest absolute Gasteiger partial charge is 0.478 e. The molecule has 0 fully saturated rings. The number of aromatic carboxylic acids is 1. The van der Waals surface area contributed by atoms with Gasteiger partial charge in [-0.2, -0.15) is 0 Å². The molecule has 156 valence electrons. The fourth-order valence-corrected chi connectivity index (χ4v) is 4.33. The number of ketones is 1. The van der Waals surface area contributed by atoms with Crippen LogP contribution in [0.3, 0.4) is 0 Å². The Morgan fingerprint density at radius 1 is 1.00 bits per heavy atom. The first-order valence-corrected chi connectivity index (χ1v) is 10.2. The van der Waals surface area contributed by atoms with Crippen molar-refractivity contribution >= 4 is 39.5 Å². The summed E-state index contributed by atoms with van der Waals surface area (Å²) >= 11 is 0. The van der Waals surface area contributed by atoms with E-state index in [4.69, 9.17) is 0 Å². The maximum atomic E-state index is 12.5. The number of aromatic nitrogens is 4. The first kappa shape index (κ1) is 18.3. The van der Waals surface area contributed by atoms with Gasteiger partial charge in [-0.3, -0.25) is 4.79 Å². The van der Waals surface area contributed by atoms with Gasteiger partial charge < -0.3 is 20.4 Å². The number of benzene rings is 2. The number of hydrogen-bond donors (Lipinski definition) is 4. The number of Topliss-reactive ketones (excluding diaryl/α,β-unsaturated/α-hetero) is 1. The van der Waals surface area contributed by atoms with Gasteiger partial charge in [0.25, 0.3) is 0 Å². The molecule has 3 aromatic heterocycles. The minimum Gasteiger partial charge on any atom is -0.478 e. The first-order valence-electron chi connectivity index (χ1n) is 10.2. The molecule has 0 bridgehead atoms. The standard InChI is InChI=1S/C24H17N5O3/c30-17-9-11-25-21-18-14(17)2-1-3-16(18)27-19(21)12-4-6-13(7-5-12)22-28-20-15(24(31)32)8-10-26-23(20)29-22/h1-8,10,25,27H,9,11H2,(H,31,32)(H,26,28,29). The third-order valence-corrected chi connectivity index (χ3v) is 5.85. The second kappa shape index (κ2) is 6.78. The second-order valence-electron chi connectivity index (χ2n) is 7.73. The van der Waals surface area contributed by atoms with Gasteiger partial charge in [-0.25, -0.2) is 14.8 Å². The van der Waals surface area contributed by atoms with Crippen molar-refractivity contribution in [2.75, 3.05) is 11.9 Å². The smallest absolute Gasteiger partial charge is 0.338 e. The van der Waals surface area contributed by atoms with E-state index in [2.05, 4.69) is 25.3 Å². The third kappa shape index (κ3) is 2.70. The van der Waals surface area contributed by atoms with Crippen LogP contribution in [0.25, 0.3) is 44.7 Å². The van der Waals surface area contributed by atoms with Gasteiger partial charge in [0.05, 0.1) is 22.5 Å². The molecular weight excluding hydrogens is 406 g/mol. The van der Waals surface area contributed by atoms with Gasteiger partial charge in [-0.15, -0.1) is 0 Å². The molecule has 8 nitrogen and oxygen atoms in total. The van der Waals surface area contributed by atoms with Crippen LogP contribution in [-0.4, -0.2) is 43.3 Å². The Morgan fingerprint density at radius 3 is 2.62 bits per heavy atom. The number of carboxylic acids is 1. The van der Waals surface area contributed by atoms with Crippen molar-refractivity contribution in [1.29, 1.82) is 0 Å². The summed E-state index contributed by atoms with van der Waals surface area (Å²) < 4.78 is 0. The molecule has 1 aliphatic rings. The Labute approximate surface area is 181 Å². The van der Waals surface area contributed by atoms with Crippen LogP contribution in [0.1, 0.15) is 27.1 Å². The zero-order valence-corrected chi connectivity index (χ0v) is 16.8. The Balaban J connectivity index is 1.44. The van der Waals surface area contributed by atoms with E-state index in [-0.39, 0.29) is 11.3 Å². The minimum atomic E-state index is -1.03. The quantitative estimate of drug-likeness (QED) is 0.339. The first-order chi connectivity index (χ1) is 15.6. The van der Waals surface area contributed by atoms with Crippen LogP contribution in [-0.2, 0) is 0 Å². The van der Waals surface area contributed by atoms with Gasteiger partial charge in [0.1, 0.15) is 5.82 Å². The number of carboxylic acid groups (broad SMARTS) is 1. The fourth-order valence-electron chi connectivity index (χ4n) is 4.33. The summed E-state index contributed by atoms with van der Waals surface area (Å²) in [6.45, 7) is 0.587. The summed E-state index contributed by atoms with van der Waals surface area (Å²) in [6, 6.07) is 15.0. The second-order valence-corrected chi connectivity index (χ2v) is 7.73. The van der Waals surface area contributed by atoms with E-state index in [1.807, 2.05) is 42.5 Å². The summed E-state index contributed by atoms with van der Waals surface area (Å²) in [5.74, 6) is -0.340. The highest BCUT2D eigenvalue weighted by atomic mass is 16.4. The Morgan fingerprint density at radius 2 is 1.81 bits per heavy atom. The van der Waals surface area contributed by atoms with E-state index in [9.17, 15) is 14.7 Å². The van der Waals surface area contributed by atoms with Crippen LogP contribution in [0.4, 0.5) is 5.69 Å². The number of H-pyrrole nitrogens is 2. The number of fused-ring (bicyclic) bond motifs is 1. The lowest BCUT2D eigenvalue weighted by molar-refractivity contribution is 0.0698. The average molecular weight is 423 g/mol. The highest BCUT2D eigenvalue weighted by Gasteiger charge is 2.22. The number of hydrogen-bond acceptors (Lipinski definition) is 5. The summed E-state index contributed by atoms with van der Waals surface area (Å²) in [5, 5.41) is 13.7. The van der Waals surface area contributed by atoms with Crippen LogP contribution in [0.5, 0.6) is 0 Å². The summed E-state index contributed by atoms with van der Waals surface area (Å²) in [6.07, 6.45) is 1.90. The van der Waals surface area contributed by atoms with Crippen molar-refractivity contribution in [1.82, 2.24) is 19.9 Å². The third-order valence-electron chi connectivity index (χ3n) is 5.85. The molecule has 4 heterocycles. The highest BCUT2D eigenvalue weighted by molar-refractivity contribution is 6.16. The van der Waals surface area contributed by atoms with E-state index in [1.165, 1.54) is 12.3 Å². The molecule has 0 saturated heterocycles. The molecule has 4 N–H and O–H groups in total. The molecule has 0 saturated carbocycles. The van der Waals surface area contributed by atoms with Crippen molar-refractivity contribution in [2.24, 2.45) is 0 Å². The number of rotatable bonds is 3. The molecule has 32 heavy (non-hydrogen) atoms. The maximum Gasteiger partial charge on any atom is 0.338 e. The van der Waals surface area contributed by atoms with Crippen LogP contribution >= 0.6 is 0 Å². The topological polar surface area (TPSA) is 124 Å². The lowest BCUT2D eigenvalue weighted by Crippen LogP contribution is -2.05. The number of carbonyl (C=O) groups is 2. The van der Waals surface area contributed by atoms with Crippen molar-refractivity contribution < 1.29 is 14.7 Å². The molecule has 0 aliphatic carbocycles. The molecule has 1 aliphatic heterocycles. The summed E-state index contributed by atoms with van der Waals surface area (Å²) in [4.78, 5) is 39.1. The molecule has 6 rings (SSSR count). The lowest BCUT2D eigenvalue weighted by atomic mass is 10.0. The Kier molecular flexibility index (Phi) is 3.88. The predicted octanol–water partition coefficient (Wildman–Crippen LogP) is 4.47. The fraction of sp³-hybridized carbons (Fsp3) is 0.0833. The number of carbonyl (C=O) groups excluding carboxylic acids is 1. The SMILES string of the molecule is O=C(O)c1ccnc2nc(-c3ccc(-c4[nH]c5cccc6c5c4NCCC6=O)cc3)[nH]c12. The molecule has 5 aromatic rings. The normalized spacial score (nSPS) is 13.3. The number of nitrogens with one attached hydrogen (secondary N) is 3. The van der Waals surface area contributed by atoms with Gasteiger partial charge >= 0.3 is 5.97 Å². The van der Waals surface area contributed by atoms with Gasteiger partial charge in [0.15, 0.2) is 11.4 Å². The molecule has 0 amide bonds. The van der Waals surface area contributed by atoms with E-state index in [0.29, 0.717) is 30.0 Å². The molecular formula is C24H17N5O3. The summed E-state index contributed by atoms with van der Waals surface area (Å²) in [7, 11) is 0. The lowest BCUT2D eigenvalue weighted by Gasteiger charge is -2.07. The van der Waals surface area contributed by atoms with E-state index in [1.54, 1.807) is 0 Å². The van der Waals surface area contributed by atoms with Crippen molar-refractivity contribution in [2.45, 2.75) is 6.42 Å². The molecule has 0 atom stereocenters.